The number of ether oxygens (including phenoxy) is 1. The maximum Gasteiger partial charge on any atom is 0.133 e. The summed E-state index contributed by atoms with van der Waals surface area (Å²) >= 11 is 0. The second kappa shape index (κ2) is 4.63. The number of halogens is 2. The van der Waals surface area contributed by atoms with Crippen LogP contribution < -0.4 is 10.5 Å². The van der Waals surface area contributed by atoms with Crippen molar-refractivity contribution < 1.29 is 13.5 Å². The van der Waals surface area contributed by atoms with Gasteiger partial charge in [0.1, 0.15) is 23.5 Å². The maximum atomic E-state index is 13.8. The Morgan fingerprint density at radius 3 is 2.42 bits per heavy atom. The molecule has 0 bridgehead atoms. The van der Waals surface area contributed by atoms with Gasteiger partial charge < -0.3 is 10.5 Å². The first kappa shape index (κ1) is 12.1. The van der Waals surface area contributed by atoms with E-state index in [1.54, 1.807) is 6.07 Å². The van der Waals surface area contributed by atoms with Crippen molar-refractivity contribution in [3.63, 3.8) is 0 Å². The Morgan fingerprint density at radius 1 is 1.00 bits per heavy atom. The molecular formula is C15H13F2NO. The van der Waals surface area contributed by atoms with Crippen molar-refractivity contribution in [1.29, 1.82) is 0 Å². The number of nitrogens with two attached hydrogens (primary N) is 1. The summed E-state index contributed by atoms with van der Waals surface area (Å²) in [6.45, 7) is 0. The van der Waals surface area contributed by atoms with Gasteiger partial charge in [-0.1, -0.05) is 24.3 Å². The molecule has 0 saturated carbocycles. The van der Waals surface area contributed by atoms with Crippen LogP contribution in [0.1, 0.15) is 29.7 Å². The first-order valence-electron chi connectivity index (χ1n) is 6.12. The summed E-state index contributed by atoms with van der Waals surface area (Å²) in [5.41, 5.74) is 6.87. The summed E-state index contributed by atoms with van der Waals surface area (Å²) < 4.78 is 33.2. The van der Waals surface area contributed by atoms with Gasteiger partial charge in [-0.3, -0.25) is 0 Å². The molecule has 19 heavy (non-hydrogen) atoms. The van der Waals surface area contributed by atoms with Crippen LogP contribution in [0, 0.1) is 11.6 Å². The summed E-state index contributed by atoms with van der Waals surface area (Å²) in [5, 5.41) is 0. The number of para-hydroxylation sites is 1. The molecular weight excluding hydrogens is 248 g/mol. The summed E-state index contributed by atoms with van der Waals surface area (Å²) in [6.07, 6.45) is -0.333. The summed E-state index contributed by atoms with van der Waals surface area (Å²) in [4.78, 5) is 0. The highest BCUT2D eigenvalue weighted by Crippen LogP contribution is 2.40. The lowest BCUT2D eigenvalue weighted by atomic mass is 9.93. The molecule has 2 atom stereocenters. The van der Waals surface area contributed by atoms with E-state index >= 15 is 0 Å². The maximum absolute atomic E-state index is 13.8. The van der Waals surface area contributed by atoms with Gasteiger partial charge in [-0.05, 0) is 18.2 Å². The molecule has 1 aliphatic rings. The summed E-state index contributed by atoms with van der Waals surface area (Å²) in [5.74, 6) is -0.609. The first-order valence-corrected chi connectivity index (χ1v) is 6.12. The van der Waals surface area contributed by atoms with Crippen molar-refractivity contribution in [3.05, 3.63) is 65.2 Å². The highest BCUT2D eigenvalue weighted by Gasteiger charge is 2.30. The van der Waals surface area contributed by atoms with E-state index in [-0.39, 0.29) is 11.6 Å². The Kier molecular flexibility index (Phi) is 2.95. The van der Waals surface area contributed by atoms with Crippen molar-refractivity contribution in [3.8, 4) is 5.75 Å². The van der Waals surface area contributed by atoms with Crippen molar-refractivity contribution in [2.45, 2.75) is 18.6 Å². The summed E-state index contributed by atoms with van der Waals surface area (Å²) in [6, 6.07) is 10.8. The molecule has 0 spiro atoms. The fraction of sp³-hybridized carbons (Fsp3) is 0.200. The van der Waals surface area contributed by atoms with Gasteiger partial charge in [0.15, 0.2) is 0 Å². The fourth-order valence-electron chi connectivity index (χ4n) is 2.45. The molecule has 0 amide bonds. The van der Waals surface area contributed by atoms with E-state index in [0.717, 1.165) is 5.56 Å². The highest BCUT2D eigenvalue weighted by atomic mass is 19.1. The molecule has 2 N–H and O–H groups in total. The molecule has 1 aliphatic heterocycles. The normalized spacial score (nSPS) is 21.6. The van der Waals surface area contributed by atoms with Crippen molar-refractivity contribution in [1.82, 2.24) is 0 Å². The van der Waals surface area contributed by atoms with Crippen molar-refractivity contribution >= 4 is 0 Å². The third-order valence-electron chi connectivity index (χ3n) is 3.38. The Hall–Kier alpha value is -1.94. The zero-order valence-electron chi connectivity index (χ0n) is 10.1. The van der Waals surface area contributed by atoms with Crippen LogP contribution in [0.4, 0.5) is 8.78 Å². The van der Waals surface area contributed by atoms with Gasteiger partial charge in [-0.15, -0.1) is 0 Å². The van der Waals surface area contributed by atoms with E-state index in [1.807, 2.05) is 18.2 Å². The van der Waals surface area contributed by atoms with Gasteiger partial charge in [-0.25, -0.2) is 8.78 Å². The molecule has 2 aromatic rings. The fourth-order valence-corrected chi connectivity index (χ4v) is 2.45. The number of rotatable bonds is 1. The third kappa shape index (κ3) is 2.08. The van der Waals surface area contributed by atoms with Crippen LogP contribution in [0.5, 0.6) is 5.75 Å². The molecule has 3 rings (SSSR count). The van der Waals surface area contributed by atoms with Gasteiger partial charge >= 0.3 is 0 Å². The van der Waals surface area contributed by atoms with Gasteiger partial charge in [0.25, 0.3) is 0 Å². The van der Waals surface area contributed by atoms with Gasteiger partial charge in [-0.2, -0.15) is 0 Å². The van der Waals surface area contributed by atoms with E-state index in [0.29, 0.717) is 12.2 Å². The van der Waals surface area contributed by atoms with Gasteiger partial charge in [0.05, 0.1) is 5.56 Å². The number of benzene rings is 2. The topological polar surface area (TPSA) is 35.2 Å². The first-order chi connectivity index (χ1) is 9.16. The molecule has 0 fully saturated rings. The predicted octanol–water partition coefficient (Wildman–Crippen LogP) is 3.49. The zero-order chi connectivity index (χ0) is 13.4. The van der Waals surface area contributed by atoms with E-state index < -0.39 is 17.7 Å². The van der Waals surface area contributed by atoms with Crippen LogP contribution in [-0.4, -0.2) is 0 Å². The number of hydrogen-bond donors (Lipinski definition) is 1. The van der Waals surface area contributed by atoms with Crippen LogP contribution in [0.3, 0.4) is 0 Å². The molecule has 1 unspecified atom stereocenters. The van der Waals surface area contributed by atoms with Crippen molar-refractivity contribution in [2.75, 3.05) is 0 Å². The lowest BCUT2D eigenvalue weighted by molar-refractivity contribution is 0.153. The van der Waals surface area contributed by atoms with Crippen LogP contribution in [0.25, 0.3) is 0 Å². The highest BCUT2D eigenvalue weighted by molar-refractivity contribution is 5.39. The molecule has 98 valence electrons. The molecule has 0 aliphatic carbocycles. The molecule has 4 heteroatoms. The lowest BCUT2D eigenvalue weighted by Crippen LogP contribution is -2.25. The van der Waals surface area contributed by atoms with Crippen LogP contribution in [-0.2, 0) is 0 Å². The smallest absolute Gasteiger partial charge is 0.133 e. The number of hydrogen-bond acceptors (Lipinski definition) is 2. The average molecular weight is 261 g/mol. The molecule has 2 nitrogen and oxygen atoms in total. The quantitative estimate of drug-likeness (QED) is 0.852. The minimum absolute atomic E-state index is 0.0487. The van der Waals surface area contributed by atoms with Crippen molar-refractivity contribution in [2.24, 2.45) is 5.73 Å². The van der Waals surface area contributed by atoms with Crippen LogP contribution >= 0.6 is 0 Å². The Labute approximate surface area is 109 Å². The van der Waals surface area contributed by atoms with E-state index in [4.69, 9.17) is 10.5 Å². The van der Waals surface area contributed by atoms with E-state index in [1.165, 1.54) is 18.2 Å². The third-order valence-corrected chi connectivity index (χ3v) is 3.38. The number of fused-ring (bicyclic) bond motifs is 1. The standard InChI is InChI=1S/C15H13F2NO/c16-10-5-3-6-11(17)15(10)14-8-12(18)9-4-1-2-7-13(9)19-14/h1-7,12,14H,8,18H2/t12-,14?/m0/s1. The van der Waals surface area contributed by atoms with E-state index in [2.05, 4.69) is 0 Å². The zero-order valence-corrected chi connectivity index (χ0v) is 10.1. The molecule has 0 saturated heterocycles. The predicted molar refractivity (Wildman–Crippen MR) is 67.7 cm³/mol. The molecule has 0 radical (unpaired) electrons. The molecule has 0 aromatic heterocycles. The minimum Gasteiger partial charge on any atom is -0.485 e. The monoisotopic (exact) mass is 261 g/mol. The summed E-state index contributed by atoms with van der Waals surface area (Å²) in [7, 11) is 0. The van der Waals surface area contributed by atoms with E-state index in [9.17, 15) is 8.78 Å². The second-order valence-electron chi connectivity index (χ2n) is 4.62. The molecule has 2 aromatic carbocycles. The van der Waals surface area contributed by atoms with Gasteiger partial charge in [0.2, 0.25) is 0 Å². The van der Waals surface area contributed by atoms with Gasteiger partial charge in [0, 0.05) is 18.0 Å². The second-order valence-corrected chi connectivity index (χ2v) is 4.62. The minimum atomic E-state index is -0.689. The van der Waals surface area contributed by atoms with Crippen LogP contribution in [0.2, 0.25) is 0 Å². The molecule has 1 heterocycles. The Morgan fingerprint density at radius 2 is 1.68 bits per heavy atom. The Bertz CT molecular complexity index is 595. The Balaban J connectivity index is 2.02. The average Bonchev–Trinajstić information content (AvgIpc) is 2.38. The largest absolute Gasteiger partial charge is 0.485 e. The lowest BCUT2D eigenvalue weighted by Gasteiger charge is -2.30. The van der Waals surface area contributed by atoms with Crippen LogP contribution in [0.15, 0.2) is 42.5 Å². The SMILES string of the molecule is N[C@H]1CC(c2c(F)cccc2F)Oc2ccccc21.